The van der Waals surface area contributed by atoms with Crippen LogP contribution in [0.1, 0.15) is 5.82 Å². The van der Waals surface area contributed by atoms with Crippen molar-refractivity contribution in [1.82, 2.24) is 25.0 Å². The first-order chi connectivity index (χ1) is 7.29. The van der Waals surface area contributed by atoms with Crippen LogP contribution in [-0.2, 0) is 13.1 Å². The zero-order valence-electron chi connectivity index (χ0n) is 8.93. The molecule has 6 nitrogen and oxygen atoms in total. The third kappa shape index (κ3) is 2.53. The standard InChI is InChI=1S/C9H17N5O/c1-10-4-8(15)5-13-2-3-14-7-11-12-9(14)6-13/h7-8,10,15H,2-6H2,1H3. The van der Waals surface area contributed by atoms with E-state index < -0.39 is 0 Å². The number of β-amino-alcohol motifs (C(OH)–C–C–N with tert-alkyl or cyclic N) is 1. The van der Waals surface area contributed by atoms with Crippen LogP contribution in [0.2, 0.25) is 0 Å². The molecule has 0 aliphatic carbocycles. The first kappa shape index (κ1) is 10.5. The zero-order chi connectivity index (χ0) is 10.7. The summed E-state index contributed by atoms with van der Waals surface area (Å²) < 4.78 is 2.06. The average molecular weight is 211 g/mol. The summed E-state index contributed by atoms with van der Waals surface area (Å²) in [5, 5.41) is 20.5. The van der Waals surface area contributed by atoms with Crippen molar-refractivity contribution in [3.63, 3.8) is 0 Å². The molecule has 1 aliphatic rings. The van der Waals surface area contributed by atoms with Crippen molar-refractivity contribution in [3.05, 3.63) is 12.2 Å². The predicted octanol–water partition coefficient (Wildman–Crippen LogP) is -1.33. The summed E-state index contributed by atoms with van der Waals surface area (Å²) in [7, 11) is 1.84. The molecule has 1 atom stereocenters. The minimum Gasteiger partial charge on any atom is -0.390 e. The van der Waals surface area contributed by atoms with Crippen molar-refractivity contribution in [2.45, 2.75) is 19.2 Å². The van der Waals surface area contributed by atoms with Gasteiger partial charge >= 0.3 is 0 Å². The summed E-state index contributed by atoms with van der Waals surface area (Å²) in [5.74, 6) is 0.984. The van der Waals surface area contributed by atoms with Gasteiger partial charge in [0.15, 0.2) is 0 Å². The Morgan fingerprint density at radius 3 is 3.27 bits per heavy atom. The molecule has 1 unspecified atom stereocenters. The van der Waals surface area contributed by atoms with Gasteiger partial charge in [0.1, 0.15) is 12.2 Å². The Kier molecular flexibility index (Phi) is 3.30. The van der Waals surface area contributed by atoms with Crippen LogP contribution in [0, 0.1) is 0 Å². The number of nitrogens with one attached hydrogen (secondary N) is 1. The lowest BCUT2D eigenvalue weighted by Crippen LogP contribution is -2.41. The fourth-order valence-electron chi connectivity index (χ4n) is 1.87. The quantitative estimate of drug-likeness (QED) is 0.646. The Morgan fingerprint density at radius 2 is 2.47 bits per heavy atom. The maximum atomic E-state index is 9.65. The first-order valence-corrected chi connectivity index (χ1v) is 5.21. The number of aliphatic hydroxyl groups excluding tert-OH is 1. The summed E-state index contributed by atoms with van der Waals surface area (Å²) in [5.41, 5.74) is 0. The van der Waals surface area contributed by atoms with Crippen LogP contribution < -0.4 is 5.32 Å². The van der Waals surface area contributed by atoms with Gasteiger partial charge in [0.05, 0.1) is 12.6 Å². The highest BCUT2D eigenvalue weighted by molar-refractivity contribution is 4.90. The molecule has 0 fully saturated rings. The number of likely N-dealkylation sites (N-methyl/N-ethyl adjacent to an activating group) is 1. The zero-order valence-corrected chi connectivity index (χ0v) is 8.93. The lowest BCUT2D eigenvalue weighted by Gasteiger charge is -2.28. The molecule has 84 valence electrons. The highest BCUT2D eigenvalue weighted by Crippen LogP contribution is 2.08. The van der Waals surface area contributed by atoms with Gasteiger partial charge in [-0.05, 0) is 7.05 Å². The molecule has 0 radical (unpaired) electrons. The molecule has 0 saturated carbocycles. The minimum atomic E-state index is -0.315. The van der Waals surface area contributed by atoms with Crippen molar-refractivity contribution in [2.75, 3.05) is 26.7 Å². The summed E-state index contributed by atoms with van der Waals surface area (Å²) in [6.07, 6.45) is 1.45. The fraction of sp³-hybridized carbons (Fsp3) is 0.778. The van der Waals surface area contributed by atoms with E-state index in [-0.39, 0.29) is 6.10 Å². The maximum Gasteiger partial charge on any atom is 0.147 e. The van der Waals surface area contributed by atoms with E-state index in [1.807, 2.05) is 7.05 Å². The lowest BCUT2D eigenvalue weighted by molar-refractivity contribution is 0.0967. The molecular weight excluding hydrogens is 194 g/mol. The molecule has 0 aromatic carbocycles. The second-order valence-electron chi connectivity index (χ2n) is 3.89. The number of hydrogen-bond acceptors (Lipinski definition) is 5. The number of aliphatic hydroxyl groups is 1. The fourth-order valence-corrected chi connectivity index (χ4v) is 1.87. The molecule has 0 spiro atoms. The van der Waals surface area contributed by atoms with Crippen LogP contribution in [0.25, 0.3) is 0 Å². The van der Waals surface area contributed by atoms with E-state index in [1.54, 1.807) is 6.33 Å². The van der Waals surface area contributed by atoms with Crippen molar-refractivity contribution < 1.29 is 5.11 Å². The third-order valence-electron chi connectivity index (χ3n) is 2.63. The summed E-state index contributed by atoms with van der Waals surface area (Å²) in [4.78, 5) is 2.20. The Labute approximate surface area is 88.9 Å². The van der Waals surface area contributed by atoms with Gasteiger partial charge in [-0.25, -0.2) is 0 Å². The number of rotatable bonds is 4. The molecule has 0 saturated heterocycles. The molecule has 0 bridgehead atoms. The molecule has 15 heavy (non-hydrogen) atoms. The predicted molar refractivity (Wildman–Crippen MR) is 55.2 cm³/mol. The van der Waals surface area contributed by atoms with Crippen LogP contribution >= 0.6 is 0 Å². The number of aromatic nitrogens is 3. The average Bonchev–Trinajstić information content (AvgIpc) is 2.65. The van der Waals surface area contributed by atoms with Gasteiger partial charge in [-0.3, -0.25) is 4.90 Å². The van der Waals surface area contributed by atoms with Gasteiger partial charge in [-0.15, -0.1) is 10.2 Å². The second-order valence-corrected chi connectivity index (χ2v) is 3.89. The van der Waals surface area contributed by atoms with E-state index in [9.17, 15) is 5.11 Å². The summed E-state index contributed by atoms with van der Waals surface area (Å²) >= 11 is 0. The molecule has 2 N–H and O–H groups in total. The van der Waals surface area contributed by atoms with E-state index in [0.29, 0.717) is 13.1 Å². The van der Waals surface area contributed by atoms with Crippen LogP contribution in [0.5, 0.6) is 0 Å². The van der Waals surface area contributed by atoms with E-state index in [4.69, 9.17) is 0 Å². The van der Waals surface area contributed by atoms with E-state index >= 15 is 0 Å². The molecule has 6 heteroatoms. The van der Waals surface area contributed by atoms with Crippen LogP contribution in [0.4, 0.5) is 0 Å². The first-order valence-electron chi connectivity index (χ1n) is 5.21. The molecule has 1 aliphatic heterocycles. The Balaban J connectivity index is 1.87. The normalized spacial score (nSPS) is 18.8. The van der Waals surface area contributed by atoms with Gasteiger partial charge in [-0.2, -0.15) is 0 Å². The number of fused-ring (bicyclic) bond motifs is 1. The monoisotopic (exact) mass is 211 g/mol. The van der Waals surface area contributed by atoms with Crippen molar-refractivity contribution >= 4 is 0 Å². The Hall–Kier alpha value is -0.980. The molecule has 1 aromatic rings. The maximum absolute atomic E-state index is 9.65. The topological polar surface area (TPSA) is 66.2 Å². The van der Waals surface area contributed by atoms with Crippen molar-refractivity contribution in [3.8, 4) is 0 Å². The van der Waals surface area contributed by atoms with E-state index in [2.05, 4.69) is 25.0 Å². The molecule has 0 amide bonds. The van der Waals surface area contributed by atoms with E-state index in [1.165, 1.54) is 0 Å². The van der Waals surface area contributed by atoms with Crippen LogP contribution in [-0.4, -0.2) is 57.6 Å². The SMILES string of the molecule is CNCC(O)CN1CCn2cnnc2C1. The van der Waals surface area contributed by atoms with E-state index in [0.717, 1.165) is 25.5 Å². The summed E-state index contributed by atoms with van der Waals surface area (Å²) in [6, 6.07) is 0. The number of nitrogens with zero attached hydrogens (tertiary/aromatic N) is 4. The smallest absolute Gasteiger partial charge is 0.147 e. The van der Waals surface area contributed by atoms with Crippen LogP contribution in [0.3, 0.4) is 0 Å². The molecule has 1 aromatic heterocycles. The van der Waals surface area contributed by atoms with Gasteiger partial charge in [0, 0.05) is 26.2 Å². The summed E-state index contributed by atoms with van der Waals surface area (Å²) in [6.45, 7) is 3.96. The molecular formula is C9H17N5O. The Morgan fingerprint density at radius 1 is 1.60 bits per heavy atom. The largest absolute Gasteiger partial charge is 0.390 e. The lowest BCUT2D eigenvalue weighted by atomic mass is 10.3. The van der Waals surface area contributed by atoms with Crippen molar-refractivity contribution in [1.29, 1.82) is 0 Å². The highest BCUT2D eigenvalue weighted by atomic mass is 16.3. The van der Waals surface area contributed by atoms with Gasteiger partial charge in [-0.1, -0.05) is 0 Å². The Bertz CT molecular complexity index is 313. The minimum absolute atomic E-state index is 0.315. The highest BCUT2D eigenvalue weighted by Gasteiger charge is 2.19. The molecule has 2 heterocycles. The number of hydrogen-bond donors (Lipinski definition) is 2. The second kappa shape index (κ2) is 4.69. The van der Waals surface area contributed by atoms with Gasteiger partial charge in [0.2, 0.25) is 0 Å². The third-order valence-corrected chi connectivity index (χ3v) is 2.63. The molecule has 2 rings (SSSR count). The van der Waals surface area contributed by atoms with Crippen LogP contribution in [0.15, 0.2) is 6.33 Å². The van der Waals surface area contributed by atoms with Crippen molar-refractivity contribution in [2.24, 2.45) is 0 Å². The van der Waals surface area contributed by atoms with Gasteiger partial charge in [0.25, 0.3) is 0 Å². The van der Waals surface area contributed by atoms with Gasteiger partial charge < -0.3 is 15.0 Å².